The van der Waals surface area contributed by atoms with E-state index in [4.69, 9.17) is 0 Å². The van der Waals surface area contributed by atoms with Gasteiger partial charge in [-0.2, -0.15) is 0 Å². The maximum Gasteiger partial charge on any atom is 0.151 e. The summed E-state index contributed by atoms with van der Waals surface area (Å²) in [6.07, 6.45) is 3.13. The number of hydrogen-bond acceptors (Lipinski definition) is 3. The molecule has 0 unspecified atom stereocenters. The molecule has 0 aromatic rings. The second-order valence-corrected chi connectivity index (χ2v) is 6.42. The molecule has 0 saturated carbocycles. The van der Waals surface area contributed by atoms with Crippen molar-refractivity contribution in [1.82, 2.24) is 5.32 Å². The van der Waals surface area contributed by atoms with Crippen LogP contribution in [-0.2, 0) is 9.84 Å². The predicted octanol–water partition coefficient (Wildman–Crippen LogP) is 1.20. The van der Waals surface area contributed by atoms with Crippen molar-refractivity contribution in [2.75, 3.05) is 18.1 Å². The highest BCUT2D eigenvalue weighted by atomic mass is 32.2. The summed E-state index contributed by atoms with van der Waals surface area (Å²) in [5.41, 5.74) is 0. The lowest BCUT2D eigenvalue weighted by molar-refractivity contribution is 0.420. The van der Waals surface area contributed by atoms with E-state index < -0.39 is 9.84 Å². The van der Waals surface area contributed by atoms with Crippen molar-refractivity contribution in [2.24, 2.45) is 5.92 Å². The molecule has 0 aromatic heterocycles. The van der Waals surface area contributed by atoms with E-state index in [0.717, 1.165) is 13.0 Å². The highest BCUT2D eigenvalue weighted by molar-refractivity contribution is 7.91. The van der Waals surface area contributed by atoms with Crippen LogP contribution in [-0.4, -0.2) is 32.5 Å². The molecule has 1 rings (SSSR count). The second-order valence-electron chi connectivity index (χ2n) is 4.19. The first-order valence-corrected chi connectivity index (χ1v) is 7.33. The topological polar surface area (TPSA) is 46.2 Å². The zero-order chi connectivity index (χ0) is 10.6. The summed E-state index contributed by atoms with van der Waals surface area (Å²) in [6, 6.07) is 0.209. The van der Waals surface area contributed by atoms with E-state index in [2.05, 4.69) is 19.2 Å². The molecule has 0 amide bonds. The van der Waals surface area contributed by atoms with Crippen LogP contribution in [0.5, 0.6) is 0 Å². The van der Waals surface area contributed by atoms with Crippen molar-refractivity contribution in [1.29, 1.82) is 0 Å². The van der Waals surface area contributed by atoms with Crippen LogP contribution in [0.3, 0.4) is 0 Å². The molecule has 1 N–H and O–H groups in total. The van der Waals surface area contributed by atoms with Crippen LogP contribution < -0.4 is 5.32 Å². The highest BCUT2D eigenvalue weighted by Gasteiger charge is 2.27. The van der Waals surface area contributed by atoms with E-state index in [1.54, 1.807) is 0 Å². The molecule has 1 fully saturated rings. The highest BCUT2D eigenvalue weighted by Crippen LogP contribution is 2.13. The zero-order valence-electron chi connectivity index (χ0n) is 9.12. The van der Waals surface area contributed by atoms with E-state index >= 15 is 0 Å². The summed E-state index contributed by atoms with van der Waals surface area (Å²) < 4.78 is 22.4. The Bertz CT molecular complexity index is 257. The molecule has 0 bridgehead atoms. The Balaban J connectivity index is 2.26. The monoisotopic (exact) mass is 219 g/mol. The summed E-state index contributed by atoms with van der Waals surface area (Å²) in [5.74, 6) is 1.40. The Hall–Kier alpha value is -0.0900. The molecule has 14 heavy (non-hydrogen) atoms. The van der Waals surface area contributed by atoms with Crippen molar-refractivity contribution in [3.8, 4) is 0 Å². The van der Waals surface area contributed by atoms with E-state index in [1.165, 1.54) is 12.8 Å². The van der Waals surface area contributed by atoms with E-state index in [-0.39, 0.29) is 6.04 Å². The number of nitrogens with one attached hydrogen (secondary N) is 1. The summed E-state index contributed by atoms with van der Waals surface area (Å²) in [5, 5.41) is 3.36. The van der Waals surface area contributed by atoms with Crippen molar-refractivity contribution >= 4 is 9.84 Å². The van der Waals surface area contributed by atoms with Gasteiger partial charge in [-0.1, -0.05) is 26.7 Å². The standard InChI is InChI=1S/C10H21NO2S/c1-3-9(4-2)7-11-10-5-6-14(12,13)8-10/h9-11H,3-8H2,1-2H3/t10-/m1/s1. The molecule has 1 saturated heterocycles. The molecule has 84 valence electrons. The van der Waals surface area contributed by atoms with Crippen LogP contribution in [0.4, 0.5) is 0 Å². The molecule has 1 aliphatic rings. The van der Waals surface area contributed by atoms with Crippen LogP contribution in [0.25, 0.3) is 0 Å². The fraction of sp³-hybridized carbons (Fsp3) is 1.00. The second kappa shape index (κ2) is 5.12. The Morgan fingerprint density at radius 3 is 2.43 bits per heavy atom. The van der Waals surface area contributed by atoms with Gasteiger partial charge in [0.25, 0.3) is 0 Å². The smallest absolute Gasteiger partial charge is 0.151 e. The van der Waals surface area contributed by atoms with Gasteiger partial charge >= 0.3 is 0 Å². The van der Waals surface area contributed by atoms with Gasteiger partial charge in [0.05, 0.1) is 11.5 Å². The lowest BCUT2D eigenvalue weighted by atomic mass is 10.0. The van der Waals surface area contributed by atoms with Crippen LogP contribution >= 0.6 is 0 Å². The van der Waals surface area contributed by atoms with Crippen molar-refractivity contribution in [2.45, 2.75) is 39.2 Å². The Kier molecular flexibility index (Phi) is 4.38. The molecule has 1 aliphatic heterocycles. The van der Waals surface area contributed by atoms with Crippen molar-refractivity contribution < 1.29 is 8.42 Å². The summed E-state index contributed by atoms with van der Waals surface area (Å²) in [4.78, 5) is 0. The lowest BCUT2D eigenvalue weighted by Crippen LogP contribution is -2.33. The Labute approximate surface area is 87.2 Å². The minimum absolute atomic E-state index is 0.209. The fourth-order valence-electron chi connectivity index (χ4n) is 1.87. The van der Waals surface area contributed by atoms with Gasteiger partial charge < -0.3 is 5.32 Å². The third-order valence-electron chi connectivity index (χ3n) is 3.08. The van der Waals surface area contributed by atoms with E-state index in [9.17, 15) is 8.42 Å². The molecule has 0 spiro atoms. The van der Waals surface area contributed by atoms with Crippen molar-refractivity contribution in [3.05, 3.63) is 0 Å². The number of hydrogen-bond donors (Lipinski definition) is 1. The lowest BCUT2D eigenvalue weighted by Gasteiger charge is -2.16. The zero-order valence-corrected chi connectivity index (χ0v) is 9.94. The van der Waals surface area contributed by atoms with Gasteiger partial charge in [0.2, 0.25) is 0 Å². The van der Waals surface area contributed by atoms with E-state index in [1.807, 2.05) is 0 Å². The first-order chi connectivity index (χ1) is 6.57. The van der Waals surface area contributed by atoms with Gasteiger partial charge in [-0.15, -0.1) is 0 Å². The molecule has 1 heterocycles. The SMILES string of the molecule is CCC(CC)CN[C@@H]1CCS(=O)(=O)C1. The fourth-order valence-corrected chi connectivity index (χ4v) is 3.57. The van der Waals surface area contributed by atoms with Crippen LogP contribution in [0, 0.1) is 5.92 Å². The van der Waals surface area contributed by atoms with Crippen LogP contribution in [0.15, 0.2) is 0 Å². The quantitative estimate of drug-likeness (QED) is 0.756. The molecular formula is C10H21NO2S. The summed E-state index contributed by atoms with van der Waals surface area (Å²) in [6.45, 7) is 5.33. The predicted molar refractivity (Wildman–Crippen MR) is 59.1 cm³/mol. The largest absolute Gasteiger partial charge is 0.313 e. The average molecular weight is 219 g/mol. The first-order valence-electron chi connectivity index (χ1n) is 5.51. The number of rotatable bonds is 5. The Morgan fingerprint density at radius 2 is 2.00 bits per heavy atom. The van der Waals surface area contributed by atoms with Gasteiger partial charge in [-0.25, -0.2) is 8.42 Å². The normalized spacial score (nSPS) is 25.8. The maximum atomic E-state index is 11.2. The third-order valence-corrected chi connectivity index (χ3v) is 4.85. The third kappa shape index (κ3) is 3.58. The van der Waals surface area contributed by atoms with Gasteiger partial charge in [-0.3, -0.25) is 0 Å². The van der Waals surface area contributed by atoms with Gasteiger partial charge in [-0.05, 0) is 18.9 Å². The van der Waals surface area contributed by atoms with E-state index in [0.29, 0.717) is 17.4 Å². The molecule has 0 aliphatic carbocycles. The van der Waals surface area contributed by atoms with Crippen LogP contribution in [0.2, 0.25) is 0 Å². The Morgan fingerprint density at radius 1 is 1.36 bits per heavy atom. The minimum atomic E-state index is -2.72. The summed E-state index contributed by atoms with van der Waals surface area (Å²) in [7, 11) is -2.72. The van der Waals surface area contributed by atoms with Gasteiger partial charge in [0.1, 0.15) is 0 Å². The first kappa shape index (κ1) is 12.0. The minimum Gasteiger partial charge on any atom is -0.313 e. The molecule has 3 nitrogen and oxygen atoms in total. The molecule has 0 aromatic carbocycles. The maximum absolute atomic E-state index is 11.2. The number of sulfone groups is 1. The molecular weight excluding hydrogens is 198 g/mol. The van der Waals surface area contributed by atoms with Crippen LogP contribution in [0.1, 0.15) is 33.1 Å². The van der Waals surface area contributed by atoms with Gasteiger partial charge in [0, 0.05) is 6.04 Å². The summed E-state index contributed by atoms with van der Waals surface area (Å²) >= 11 is 0. The molecule has 0 radical (unpaired) electrons. The molecule has 4 heteroatoms. The van der Waals surface area contributed by atoms with Gasteiger partial charge in [0.15, 0.2) is 9.84 Å². The van der Waals surface area contributed by atoms with Crippen molar-refractivity contribution in [3.63, 3.8) is 0 Å². The molecule has 1 atom stereocenters. The average Bonchev–Trinajstić information content (AvgIpc) is 2.47.